The van der Waals surface area contributed by atoms with Crippen LogP contribution in [-0.2, 0) is 19.2 Å². The zero-order valence-electron chi connectivity index (χ0n) is 24.5. The lowest BCUT2D eigenvalue weighted by Crippen LogP contribution is -2.58. The van der Waals surface area contributed by atoms with Crippen LogP contribution in [0.15, 0.2) is 78.9 Å². The fourth-order valence-corrected chi connectivity index (χ4v) is 5.15. The number of benzene rings is 3. The van der Waals surface area contributed by atoms with Crippen LogP contribution >= 0.6 is 23.2 Å². The molecule has 14 heteroatoms. The van der Waals surface area contributed by atoms with Crippen molar-refractivity contribution in [2.45, 2.75) is 50.4 Å². The topological polar surface area (TPSA) is 104 Å². The number of alkyl halides is 5. The monoisotopic (exact) mass is 685 g/mol. The molecule has 0 aromatic heterocycles. The lowest BCUT2D eigenvalue weighted by atomic mass is 9.88. The van der Waals surface area contributed by atoms with Crippen molar-refractivity contribution in [2.24, 2.45) is 5.92 Å². The van der Waals surface area contributed by atoms with E-state index in [2.05, 4.69) is 10.6 Å². The van der Waals surface area contributed by atoms with Crippen LogP contribution in [0, 0.1) is 5.92 Å². The lowest BCUT2D eigenvalue weighted by Gasteiger charge is -2.28. The Labute approximate surface area is 271 Å². The minimum absolute atomic E-state index is 0.207. The second-order valence-corrected chi connectivity index (χ2v) is 11.6. The van der Waals surface area contributed by atoms with Crippen LogP contribution < -0.4 is 16.0 Å². The Hall–Kier alpha value is -4.03. The van der Waals surface area contributed by atoms with Gasteiger partial charge in [0, 0.05) is 22.4 Å². The molecule has 3 aromatic carbocycles. The van der Waals surface area contributed by atoms with E-state index in [9.17, 15) is 41.1 Å². The van der Waals surface area contributed by atoms with Crippen LogP contribution in [0.25, 0.3) is 0 Å². The van der Waals surface area contributed by atoms with Gasteiger partial charge in [-0.25, -0.2) is 0 Å². The van der Waals surface area contributed by atoms with E-state index >= 15 is 0 Å². The van der Waals surface area contributed by atoms with Crippen molar-refractivity contribution < 1.29 is 41.1 Å². The van der Waals surface area contributed by atoms with E-state index < -0.39 is 66.1 Å². The van der Waals surface area contributed by atoms with Crippen LogP contribution in [-0.4, -0.2) is 48.2 Å². The zero-order valence-corrected chi connectivity index (χ0v) is 26.0. The number of hydrogen-bond donors (Lipinski definition) is 3. The summed E-state index contributed by atoms with van der Waals surface area (Å²) < 4.78 is 66.9. The quantitative estimate of drug-likeness (QED) is 0.143. The molecule has 46 heavy (non-hydrogen) atoms. The molecule has 0 saturated heterocycles. The third kappa shape index (κ3) is 9.98. The first-order valence-electron chi connectivity index (χ1n) is 13.9. The summed E-state index contributed by atoms with van der Waals surface area (Å²) in [5.41, 5.74) is 1.57. The Bertz CT molecular complexity index is 1520. The largest absolute Gasteiger partial charge is 0.405 e. The third-order valence-electron chi connectivity index (χ3n) is 6.87. The van der Waals surface area contributed by atoms with Crippen molar-refractivity contribution in [1.29, 1.82) is 0 Å². The van der Waals surface area contributed by atoms with Gasteiger partial charge in [-0.15, -0.1) is 0 Å². The molecule has 0 aliphatic rings. The molecule has 3 rings (SSSR count). The minimum Gasteiger partial charge on any atom is -0.344 e. The summed E-state index contributed by atoms with van der Waals surface area (Å²) in [7, 11) is 0. The van der Waals surface area contributed by atoms with Crippen molar-refractivity contribution in [3.05, 3.63) is 106 Å². The summed E-state index contributed by atoms with van der Waals surface area (Å²) in [5, 5.41) is 6.42. The molecule has 0 fully saturated rings. The number of rotatable bonds is 13. The van der Waals surface area contributed by atoms with Gasteiger partial charge in [-0.3, -0.25) is 19.2 Å². The molecule has 0 radical (unpaired) electrons. The fourth-order valence-electron chi connectivity index (χ4n) is 4.61. The van der Waals surface area contributed by atoms with E-state index in [1.807, 2.05) is 0 Å². The maximum absolute atomic E-state index is 14.7. The zero-order chi connectivity index (χ0) is 34.2. The first-order chi connectivity index (χ1) is 21.5. The molecule has 0 spiro atoms. The van der Waals surface area contributed by atoms with Crippen LogP contribution in [0.4, 0.5) is 22.0 Å². The van der Waals surface area contributed by atoms with Gasteiger partial charge in [0.1, 0.15) is 12.6 Å². The Morgan fingerprint density at radius 3 is 1.76 bits per heavy atom. The molecule has 3 aromatic rings. The number of ketones is 1. The van der Waals surface area contributed by atoms with Crippen LogP contribution in [0.1, 0.15) is 48.9 Å². The molecule has 246 valence electrons. The maximum Gasteiger partial charge on any atom is 0.405 e. The van der Waals surface area contributed by atoms with Gasteiger partial charge in [-0.1, -0.05) is 97.7 Å². The number of amides is 3. The highest BCUT2D eigenvalue weighted by Crippen LogP contribution is 2.32. The summed E-state index contributed by atoms with van der Waals surface area (Å²) in [6.45, 7) is 0.507. The summed E-state index contributed by atoms with van der Waals surface area (Å²) in [4.78, 5) is 51.7. The molecule has 0 heterocycles. The van der Waals surface area contributed by atoms with Gasteiger partial charge in [0.05, 0.1) is 6.04 Å². The van der Waals surface area contributed by atoms with Crippen molar-refractivity contribution in [1.82, 2.24) is 16.0 Å². The minimum atomic E-state index is -5.00. The van der Waals surface area contributed by atoms with Crippen LogP contribution in [0.5, 0.6) is 0 Å². The van der Waals surface area contributed by atoms with E-state index in [1.165, 1.54) is 32.0 Å². The van der Waals surface area contributed by atoms with Gasteiger partial charge in [-0.05, 0) is 40.8 Å². The van der Waals surface area contributed by atoms with E-state index in [0.717, 1.165) is 10.9 Å². The van der Waals surface area contributed by atoms with E-state index in [0.29, 0.717) is 15.6 Å². The molecule has 0 saturated carbocycles. The number of nitrogens with one attached hydrogen (secondary N) is 3. The predicted molar refractivity (Wildman–Crippen MR) is 162 cm³/mol. The lowest BCUT2D eigenvalue weighted by molar-refractivity contribution is -0.165. The Morgan fingerprint density at radius 2 is 1.26 bits per heavy atom. The highest BCUT2D eigenvalue weighted by molar-refractivity contribution is 6.34. The normalized spacial score (nSPS) is 13.8. The second kappa shape index (κ2) is 15.5. The first-order valence-corrected chi connectivity index (χ1v) is 14.7. The van der Waals surface area contributed by atoms with E-state index in [4.69, 9.17) is 23.2 Å². The number of hydrogen-bond acceptors (Lipinski definition) is 4. The van der Waals surface area contributed by atoms with E-state index in [1.54, 1.807) is 60.7 Å². The van der Waals surface area contributed by atoms with Crippen molar-refractivity contribution in [3.8, 4) is 0 Å². The van der Waals surface area contributed by atoms with Gasteiger partial charge in [0.2, 0.25) is 17.6 Å². The Kier molecular flexibility index (Phi) is 12.3. The predicted octanol–water partition coefficient (Wildman–Crippen LogP) is 6.40. The van der Waals surface area contributed by atoms with Gasteiger partial charge in [-0.2, -0.15) is 22.0 Å². The smallest absolute Gasteiger partial charge is 0.344 e. The molecular weight excluding hydrogens is 656 g/mol. The number of carbonyl (C=O) groups excluding carboxylic acids is 4. The SMILES string of the molecule is CC(C)C(NC(=O)C(NC(=O)CC(c1ccccc1)c1cc(Cl)cc(Cl)c1)c1ccccc1)C(=O)C(F)(F)C(=O)NCC(F)(F)F. The molecule has 0 aliphatic heterocycles. The average Bonchev–Trinajstić information content (AvgIpc) is 2.99. The molecule has 3 unspecified atom stereocenters. The highest BCUT2D eigenvalue weighted by atomic mass is 35.5. The van der Waals surface area contributed by atoms with Gasteiger partial charge in [0.15, 0.2) is 0 Å². The standard InChI is InChI=1S/C32H30Cl2F5N3O4/c1-18(2)26(28(44)32(38,39)30(46)40-17-31(35,36)37)42-29(45)27(20-11-7-4-8-12-20)41-25(43)16-24(19-9-5-3-6-10-19)21-13-22(33)15-23(34)14-21/h3-15,18,24,26-27H,16-17H2,1-2H3,(H,40,46)(H,41,43)(H,42,45). The Balaban J connectivity index is 1.88. The van der Waals surface area contributed by atoms with Gasteiger partial charge < -0.3 is 16.0 Å². The Morgan fingerprint density at radius 1 is 0.739 bits per heavy atom. The summed E-state index contributed by atoms with van der Waals surface area (Å²) in [5.74, 6) is -12.8. The second-order valence-electron chi connectivity index (χ2n) is 10.7. The van der Waals surface area contributed by atoms with Crippen molar-refractivity contribution in [2.75, 3.05) is 6.54 Å². The molecule has 3 atom stereocenters. The van der Waals surface area contributed by atoms with Gasteiger partial charge >= 0.3 is 12.1 Å². The number of carbonyl (C=O) groups is 4. The molecule has 0 aliphatic carbocycles. The highest BCUT2D eigenvalue weighted by Gasteiger charge is 2.52. The molecule has 0 bridgehead atoms. The summed E-state index contributed by atoms with van der Waals surface area (Å²) in [6, 6.07) is 18.0. The average molecular weight is 687 g/mol. The van der Waals surface area contributed by atoms with Crippen molar-refractivity contribution >= 4 is 46.7 Å². The van der Waals surface area contributed by atoms with Crippen LogP contribution in [0.3, 0.4) is 0 Å². The number of Topliss-reactive ketones (excluding diaryl/α,β-unsaturated/α-hetero) is 1. The van der Waals surface area contributed by atoms with E-state index in [-0.39, 0.29) is 12.0 Å². The molecular formula is C32H30Cl2F5N3O4. The number of halogens is 7. The van der Waals surface area contributed by atoms with Gasteiger partial charge in [0.25, 0.3) is 5.91 Å². The van der Waals surface area contributed by atoms with Crippen LogP contribution in [0.2, 0.25) is 10.0 Å². The van der Waals surface area contributed by atoms with Crippen molar-refractivity contribution in [3.63, 3.8) is 0 Å². The molecule has 7 nitrogen and oxygen atoms in total. The molecule has 3 N–H and O–H groups in total. The third-order valence-corrected chi connectivity index (χ3v) is 7.31. The molecule has 3 amide bonds. The summed E-state index contributed by atoms with van der Waals surface area (Å²) >= 11 is 12.4. The summed E-state index contributed by atoms with van der Waals surface area (Å²) in [6.07, 6.45) is -5.21. The maximum atomic E-state index is 14.7. The fraction of sp³-hybridized carbons (Fsp3) is 0.312. The first kappa shape index (κ1) is 36.4.